The first-order valence-electron chi connectivity index (χ1n) is 10.3. The van der Waals surface area contributed by atoms with E-state index in [4.69, 9.17) is 9.15 Å². The van der Waals surface area contributed by atoms with E-state index < -0.39 is 24.4 Å². The van der Waals surface area contributed by atoms with Crippen LogP contribution in [0.3, 0.4) is 0 Å². The van der Waals surface area contributed by atoms with Gasteiger partial charge in [0.05, 0.1) is 28.8 Å². The maximum absolute atomic E-state index is 12.6. The van der Waals surface area contributed by atoms with Gasteiger partial charge in [0.25, 0.3) is 17.7 Å². The molecule has 1 saturated carbocycles. The highest BCUT2D eigenvalue weighted by molar-refractivity contribution is 6.07. The van der Waals surface area contributed by atoms with Crippen LogP contribution < -0.4 is 16.0 Å². The number of rotatable bonds is 8. The van der Waals surface area contributed by atoms with Gasteiger partial charge in [-0.1, -0.05) is 24.3 Å². The van der Waals surface area contributed by atoms with E-state index in [1.165, 1.54) is 24.5 Å². The van der Waals surface area contributed by atoms with Crippen molar-refractivity contribution in [2.75, 3.05) is 17.2 Å². The topological polar surface area (TPSA) is 127 Å². The van der Waals surface area contributed by atoms with Crippen LogP contribution in [0.2, 0.25) is 0 Å². The molecule has 0 spiro atoms. The molecule has 4 rings (SSSR count). The van der Waals surface area contributed by atoms with Gasteiger partial charge in [-0.15, -0.1) is 0 Å². The van der Waals surface area contributed by atoms with Gasteiger partial charge in [-0.05, 0) is 49.2 Å². The van der Waals surface area contributed by atoms with Crippen molar-refractivity contribution in [1.29, 1.82) is 0 Å². The van der Waals surface area contributed by atoms with Crippen LogP contribution in [-0.4, -0.2) is 36.3 Å². The highest BCUT2D eigenvalue weighted by Gasteiger charge is 2.25. The van der Waals surface area contributed by atoms with Crippen molar-refractivity contribution >= 4 is 35.1 Å². The van der Waals surface area contributed by atoms with Crippen molar-refractivity contribution in [3.8, 4) is 0 Å². The number of hydrogen-bond donors (Lipinski definition) is 3. The van der Waals surface area contributed by atoms with Crippen LogP contribution in [0.5, 0.6) is 0 Å². The molecular weight excluding hydrogens is 426 g/mol. The molecule has 0 saturated heterocycles. The molecule has 168 valence electrons. The molecule has 0 atom stereocenters. The molecule has 0 bridgehead atoms. The van der Waals surface area contributed by atoms with Crippen molar-refractivity contribution in [2.45, 2.75) is 18.9 Å². The van der Waals surface area contributed by atoms with Crippen LogP contribution >= 0.6 is 0 Å². The van der Waals surface area contributed by atoms with Crippen molar-refractivity contribution in [2.24, 2.45) is 0 Å². The van der Waals surface area contributed by atoms with Crippen LogP contribution in [-0.2, 0) is 9.53 Å². The van der Waals surface area contributed by atoms with Crippen molar-refractivity contribution < 1.29 is 28.3 Å². The zero-order valence-electron chi connectivity index (χ0n) is 17.5. The molecule has 3 N–H and O–H groups in total. The smallest absolute Gasteiger partial charge is 0.340 e. The number of carbonyl (C=O) groups is 4. The second kappa shape index (κ2) is 9.82. The van der Waals surface area contributed by atoms with E-state index >= 15 is 0 Å². The fraction of sp³-hybridized carbons (Fsp3) is 0.167. The monoisotopic (exact) mass is 447 g/mol. The number of furan rings is 1. The molecule has 2 aromatic carbocycles. The largest absolute Gasteiger partial charge is 0.459 e. The summed E-state index contributed by atoms with van der Waals surface area (Å²) in [6, 6.07) is 16.1. The standard InChI is InChI=1S/C24H21N3O6/c28-21(26-18-8-3-1-6-16(18)22(29)25-15-11-12-15)14-33-24(31)17-7-2-4-9-19(17)27-23(30)20-10-5-13-32-20/h1-10,13,15H,11-12,14H2,(H,25,29)(H,26,28)(H,27,30). The highest BCUT2D eigenvalue weighted by Crippen LogP contribution is 2.22. The van der Waals surface area contributed by atoms with E-state index in [0.29, 0.717) is 11.3 Å². The summed E-state index contributed by atoms with van der Waals surface area (Å²) in [5.41, 5.74) is 0.943. The molecule has 9 nitrogen and oxygen atoms in total. The fourth-order valence-electron chi connectivity index (χ4n) is 3.04. The number of benzene rings is 2. The fourth-order valence-corrected chi connectivity index (χ4v) is 3.04. The van der Waals surface area contributed by atoms with Crippen molar-refractivity contribution in [3.05, 3.63) is 83.8 Å². The number of hydrogen-bond acceptors (Lipinski definition) is 6. The molecule has 1 aliphatic carbocycles. The first kappa shape index (κ1) is 21.8. The number of nitrogens with one attached hydrogen (secondary N) is 3. The Labute approximate surface area is 189 Å². The normalized spacial score (nSPS) is 12.5. The minimum atomic E-state index is -0.791. The van der Waals surface area contributed by atoms with Gasteiger partial charge in [0.2, 0.25) is 0 Å². The third-order valence-corrected chi connectivity index (χ3v) is 4.83. The molecule has 0 aliphatic heterocycles. The third-order valence-electron chi connectivity index (χ3n) is 4.83. The van der Waals surface area contributed by atoms with Gasteiger partial charge in [-0.3, -0.25) is 14.4 Å². The average molecular weight is 447 g/mol. The van der Waals surface area contributed by atoms with E-state index in [9.17, 15) is 19.2 Å². The number of anilines is 2. The van der Waals surface area contributed by atoms with E-state index in [1.54, 1.807) is 42.5 Å². The first-order valence-corrected chi connectivity index (χ1v) is 10.3. The maximum Gasteiger partial charge on any atom is 0.340 e. The Balaban J connectivity index is 1.36. The lowest BCUT2D eigenvalue weighted by molar-refractivity contribution is -0.119. The summed E-state index contributed by atoms with van der Waals surface area (Å²) in [4.78, 5) is 49.5. The van der Waals surface area contributed by atoms with E-state index in [2.05, 4.69) is 16.0 Å². The van der Waals surface area contributed by atoms with Crippen molar-refractivity contribution in [1.82, 2.24) is 5.32 Å². The SMILES string of the molecule is O=C(COC(=O)c1ccccc1NC(=O)c1ccco1)Nc1ccccc1C(=O)NC1CC1. The van der Waals surface area contributed by atoms with Crippen LogP contribution in [0.1, 0.15) is 44.1 Å². The van der Waals surface area contributed by atoms with Gasteiger partial charge in [-0.25, -0.2) is 4.79 Å². The number of carbonyl (C=O) groups excluding carboxylic acids is 4. The summed E-state index contributed by atoms with van der Waals surface area (Å²) in [6.45, 7) is -0.572. The summed E-state index contributed by atoms with van der Waals surface area (Å²) < 4.78 is 10.2. The number of amides is 3. The lowest BCUT2D eigenvalue weighted by atomic mass is 10.1. The molecule has 9 heteroatoms. The zero-order chi connectivity index (χ0) is 23.2. The minimum Gasteiger partial charge on any atom is -0.459 e. The number of ether oxygens (including phenoxy) is 1. The Morgan fingerprint density at radius 3 is 2.15 bits per heavy atom. The van der Waals surface area contributed by atoms with Gasteiger partial charge in [0.15, 0.2) is 12.4 Å². The lowest BCUT2D eigenvalue weighted by Gasteiger charge is -2.12. The maximum atomic E-state index is 12.6. The van der Waals surface area contributed by atoms with Gasteiger partial charge in [0, 0.05) is 6.04 Å². The molecular formula is C24H21N3O6. The molecule has 3 amide bonds. The Morgan fingerprint density at radius 1 is 0.818 bits per heavy atom. The van der Waals surface area contributed by atoms with E-state index in [-0.39, 0.29) is 29.0 Å². The predicted molar refractivity (Wildman–Crippen MR) is 119 cm³/mol. The Kier molecular flexibility index (Phi) is 6.49. The highest BCUT2D eigenvalue weighted by atomic mass is 16.5. The molecule has 0 radical (unpaired) electrons. The lowest BCUT2D eigenvalue weighted by Crippen LogP contribution is -2.28. The van der Waals surface area contributed by atoms with Gasteiger partial charge < -0.3 is 25.1 Å². The summed E-state index contributed by atoms with van der Waals surface area (Å²) in [5, 5.41) is 8.05. The van der Waals surface area contributed by atoms with Gasteiger partial charge in [0.1, 0.15) is 0 Å². The predicted octanol–water partition coefficient (Wildman–Crippen LogP) is 3.22. The quantitative estimate of drug-likeness (QED) is 0.455. The second-order valence-corrected chi connectivity index (χ2v) is 7.39. The Morgan fingerprint density at radius 2 is 1.48 bits per heavy atom. The minimum absolute atomic E-state index is 0.0782. The van der Waals surface area contributed by atoms with Crippen LogP contribution in [0, 0.1) is 0 Å². The van der Waals surface area contributed by atoms with E-state index in [1.807, 2.05) is 0 Å². The van der Waals surface area contributed by atoms with Crippen LogP contribution in [0.15, 0.2) is 71.3 Å². The zero-order valence-corrected chi connectivity index (χ0v) is 17.5. The van der Waals surface area contributed by atoms with Gasteiger partial charge in [-0.2, -0.15) is 0 Å². The summed E-state index contributed by atoms with van der Waals surface area (Å²) in [7, 11) is 0. The Bertz CT molecular complexity index is 1180. The van der Waals surface area contributed by atoms with Crippen molar-refractivity contribution in [3.63, 3.8) is 0 Å². The molecule has 1 aromatic heterocycles. The van der Waals surface area contributed by atoms with Crippen LogP contribution in [0.4, 0.5) is 11.4 Å². The summed E-state index contributed by atoms with van der Waals surface area (Å²) in [5.74, 6) is -2.11. The molecule has 33 heavy (non-hydrogen) atoms. The second-order valence-electron chi connectivity index (χ2n) is 7.39. The first-order chi connectivity index (χ1) is 16.0. The average Bonchev–Trinajstić information content (AvgIpc) is 3.45. The molecule has 1 fully saturated rings. The summed E-state index contributed by atoms with van der Waals surface area (Å²) >= 11 is 0. The Hall–Kier alpha value is -4.40. The number of esters is 1. The molecule has 0 unspecified atom stereocenters. The van der Waals surface area contributed by atoms with Crippen LogP contribution in [0.25, 0.3) is 0 Å². The van der Waals surface area contributed by atoms with Gasteiger partial charge >= 0.3 is 5.97 Å². The van der Waals surface area contributed by atoms with E-state index in [0.717, 1.165) is 12.8 Å². The summed E-state index contributed by atoms with van der Waals surface area (Å²) in [6.07, 6.45) is 3.25. The molecule has 3 aromatic rings. The number of para-hydroxylation sites is 2. The molecule has 1 aliphatic rings. The molecule has 1 heterocycles. The third kappa shape index (κ3) is 5.65.